The van der Waals surface area contributed by atoms with Gasteiger partial charge >= 0.3 is 0 Å². The third kappa shape index (κ3) is 2.87. The Morgan fingerprint density at radius 1 is 1.48 bits per heavy atom. The fraction of sp³-hybridized carbons (Fsp3) is 0.600. The van der Waals surface area contributed by atoms with Crippen LogP contribution in [0.25, 0.3) is 0 Å². The van der Waals surface area contributed by atoms with Crippen molar-refractivity contribution in [3.8, 4) is 5.75 Å². The largest absolute Gasteiger partial charge is 0.490 e. The number of nitro benzene ring substituents is 1. The fourth-order valence-corrected chi connectivity index (χ4v) is 3.10. The third-order valence-corrected chi connectivity index (χ3v) is 4.43. The van der Waals surface area contributed by atoms with Crippen molar-refractivity contribution in [3.05, 3.63) is 33.9 Å². The molecule has 6 heteroatoms. The van der Waals surface area contributed by atoms with Crippen LogP contribution in [0.2, 0.25) is 0 Å². The summed E-state index contributed by atoms with van der Waals surface area (Å²) in [4.78, 5) is 10.3. The van der Waals surface area contributed by atoms with Gasteiger partial charge in [0.1, 0.15) is 11.9 Å². The predicted octanol–water partition coefficient (Wildman–Crippen LogP) is 2.57. The minimum Gasteiger partial charge on any atom is -0.490 e. The summed E-state index contributed by atoms with van der Waals surface area (Å²) in [6, 6.07) is 4.35. The molecular formula is C15H19NO5. The van der Waals surface area contributed by atoms with Gasteiger partial charge in [-0.2, -0.15) is 0 Å². The van der Waals surface area contributed by atoms with E-state index in [1.54, 1.807) is 6.07 Å². The van der Waals surface area contributed by atoms with Gasteiger partial charge in [-0.1, -0.05) is 0 Å². The molecule has 6 nitrogen and oxygen atoms in total. The number of benzene rings is 1. The molecule has 0 bridgehead atoms. The van der Waals surface area contributed by atoms with Crippen LogP contribution in [0.5, 0.6) is 5.75 Å². The first-order valence-electron chi connectivity index (χ1n) is 7.31. The van der Waals surface area contributed by atoms with Gasteiger partial charge in [-0.05, 0) is 25.3 Å². The third-order valence-electron chi connectivity index (χ3n) is 4.43. The van der Waals surface area contributed by atoms with Crippen LogP contribution in [-0.2, 0) is 11.3 Å². The normalized spacial score (nSPS) is 23.6. The van der Waals surface area contributed by atoms with E-state index in [1.165, 1.54) is 18.6 Å². The SMILES string of the molecule is O=[N+]([O-])c1ccc(OC2CCOC3(CCC3)C2)c(CO)c1. The second kappa shape index (κ2) is 5.61. The van der Waals surface area contributed by atoms with Crippen molar-refractivity contribution >= 4 is 5.69 Å². The number of nitrogens with zero attached hydrogens (tertiary/aromatic N) is 1. The van der Waals surface area contributed by atoms with E-state index in [4.69, 9.17) is 9.47 Å². The second-order valence-corrected chi connectivity index (χ2v) is 5.82. The average molecular weight is 293 g/mol. The van der Waals surface area contributed by atoms with Gasteiger partial charge in [0.15, 0.2) is 0 Å². The number of nitro groups is 1. The molecule has 1 spiro atoms. The summed E-state index contributed by atoms with van der Waals surface area (Å²) in [6.07, 6.45) is 5.08. The highest BCUT2D eigenvalue weighted by Crippen LogP contribution is 2.43. The van der Waals surface area contributed by atoms with Gasteiger partial charge in [0, 0.05) is 30.5 Å². The van der Waals surface area contributed by atoms with E-state index < -0.39 is 4.92 Å². The Balaban J connectivity index is 1.73. The lowest BCUT2D eigenvalue weighted by molar-refractivity contribution is -0.385. The second-order valence-electron chi connectivity index (χ2n) is 5.82. The number of non-ortho nitro benzene ring substituents is 1. The molecule has 1 aliphatic heterocycles. The minimum absolute atomic E-state index is 0.0108. The van der Waals surface area contributed by atoms with Crippen molar-refractivity contribution in [2.45, 2.75) is 50.4 Å². The highest BCUT2D eigenvalue weighted by atomic mass is 16.6. The summed E-state index contributed by atoms with van der Waals surface area (Å²) in [5, 5.41) is 20.2. The Kier molecular flexibility index (Phi) is 3.82. The Labute approximate surface area is 122 Å². The lowest BCUT2D eigenvalue weighted by Gasteiger charge is -2.47. The van der Waals surface area contributed by atoms with E-state index in [0.717, 1.165) is 25.7 Å². The standard InChI is InChI=1S/C15H19NO5/c17-10-11-8-12(16(18)19)2-3-14(11)21-13-4-7-20-15(9-13)5-1-6-15/h2-3,8,13,17H,1,4-7,9-10H2. The number of hydrogen-bond donors (Lipinski definition) is 1. The van der Waals surface area contributed by atoms with Gasteiger partial charge in [-0.3, -0.25) is 10.1 Å². The molecule has 0 amide bonds. The highest BCUT2D eigenvalue weighted by molar-refractivity contribution is 5.43. The maximum Gasteiger partial charge on any atom is 0.270 e. The van der Waals surface area contributed by atoms with Crippen LogP contribution in [0.4, 0.5) is 5.69 Å². The molecule has 1 saturated heterocycles. The van der Waals surface area contributed by atoms with Crippen LogP contribution >= 0.6 is 0 Å². The molecule has 1 atom stereocenters. The fourth-order valence-electron chi connectivity index (χ4n) is 3.10. The van der Waals surface area contributed by atoms with Crippen molar-refractivity contribution in [1.29, 1.82) is 0 Å². The van der Waals surface area contributed by atoms with E-state index in [2.05, 4.69) is 0 Å². The van der Waals surface area contributed by atoms with Crippen LogP contribution in [0.1, 0.15) is 37.7 Å². The molecule has 1 aromatic carbocycles. The van der Waals surface area contributed by atoms with Gasteiger partial charge in [-0.15, -0.1) is 0 Å². The van der Waals surface area contributed by atoms with Crippen LogP contribution in [-0.4, -0.2) is 28.3 Å². The van der Waals surface area contributed by atoms with Gasteiger partial charge in [-0.25, -0.2) is 0 Å². The molecule has 1 N–H and O–H groups in total. The lowest BCUT2D eigenvalue weighted by atomic mass is 9.74. The molecule has 1 heterocycles. The van der Waals surface area contributed by atoms with Crippen molar-refractivity contribution in [2.24, 2.45) is 0 Å². The zero-order chi connectivity index (χ0) is 14.9. The predicted molar refractivity (Wildman–Crippen MR) is 75.2 cm³/mol. The first-order chi connectivity index (χ1) is 10.1. The number of ether oxygens (including phenoxy) is 2. The molecule has 0 aromatic heterocycles. The number of aliphatic hydroxyl groups excluding tert-OH is 1. The molecule has 1 aliphatic carbocycles. The summed E-state index contributed by atoms with van der Waals surface area (Å²) < 4.78 is 11.8. The van der Waals surface area contributed by atoms with Crippen molar-refractivity contribution in [3.63, 3.8) is 0 Å². The first-order valence-corrected chi connectivity index (χ1v) is 7.31. The van der Waals surface area contributed by atoms with Crippen LogP contribution < -0.4 is 4.74 Å². The zero-order valence-electron chi connectivity index (χ0n) is 11.8. The zero-order valence-corrected chi connectivity index (χ0v) is 11.8. The first kappa shape index (κ1) is 14.3. The molecule has 0 radical (unpaired) electrons. The van der Waals surface area contributed by atoms with Crippen molar-refractivity contribution in [1.82, 2.24) is 0 Å². The van der Waals surface area contributed by atoms with Crippen LogP contribution in [0.3, 0.4) is 0 Å². The van der Waals surface area contributed by atoms with Crippen molar-refractivity contribution in [2.75, 3.05) is 6.61 Å². The summed E-state index contributed by atoms with van der Waals surface area (Å²) in [6.45, 7) is 0.414. The Morgan fingerprint density at radius 2 is 2.29 bits per heavy atom. The van der Waals surface area contributed by atoms with Gasteiger partial charge < -0.3 is 14.6 Å². The minimum atomic E-state index is -0.471. The van der Waals surface area contributed by atoms with E-state index >= 15 is 0 Å². The van der Waals surface area contributed by atoms with Crippen LogP contribution in [0.15, 0.2) is 18.2 Å². The van der Waals surface area contributed by atoms with Gasteiger partial charge in [0.25, 0.3) is 5.69 Å². The average Bonchev–Trinajstić information content (AvgIpc) is 2.46. The molecule has 1 aromatic rings. The maximum atomic E-state index is 10.8. The van der Waals surface area contributed by atoms with Gasteiger partial charge in [0.2, 0.25) is 0 Å². The Hall–Kier alpha value is -1.66. The quantitative estimate of drug-likeness (QED) is 0.681. The summed E-state index contributed by atoms with van der Waals surface area (Å²) in [7, 11) is 0. The van der Waals surface area contributed by atoms with Crippen molar-refractivity contribution < 1.29 is 19.5 Å². The molecule has 21 heavy (non-hydrogen) atoms. The molecule has 2 fully saturated rings. The molecule has 1 saturated carbocycles. The monoisotopic (exact) mass is 293 g/mol. The summed E-state index contributed by atoms with van der Waals surface area (Å²) in [5.74, 6) is 0.532. The lowest BCUT2D eigenvalue weighted by Crippen LogP contribution is -2.48. The molecular weight excluding hydrogens is 274 g/mol. The summed E-state index contributed by atoms with van der Waals surface area (Å²) in [5.41, 5.74) is 0.412. The van der Waals surface area contributed by atoms with E-state index in [1.807, 2.05) is 0 Å². The Bertz CT molecular complexity index is 541. The van der Waals surface area contributed by atoms with Gasteiger partial charge in [0.05, 0.1) is 23.7 Å². The summed E-state index contributed by atoms with van der Waals surface area (Å²) >= 11 is 0. The van der Waals surface area contributed by atoms with E-state index in [0.29, 0.717) is 17.9 Å². The molecule has 2 aliphatic rings. The smallest absolute Gasteiger partial charge is 0.270 e. The highest BCUT2D eigenvalue weighted by Gasteiger charge is 2.43. The number of rotatable bonds is 4. The number of aliphatic hydroxyl groups is 1. The topological polar surface area (TPSA) is 81.8 Å². The molecule has 1 unspecified atom stereocenters. The molecule has 114 valence electrons. The number of hydrogen-bond acceptors (Lipinski definition) is 5. The van der Waals surface area contributed by atoms with E-state index in [-0.39, 0.29) is 24.0 Å². The maximum absolute atomic E-state index is 10.8. The van der Waals surface area contributed by atoms with Crippen LogP contribution in [0, 0.1) is 10.1 Å². The van der Waals surface area contributed by atoms with E-state index in [9.17, 15) is 15.2 Å². The Morgan fingerprint density at radius 3 is 2.90 bits per heavy atom. The molecule has 3 rings (SSSR count).